The van der Waals surface area contributed by atoms with Crippen molar-refractivity contribution >= 4 is 17.8 Å². The highest BCUT2D eigenvalue weighted by atomic mass is 16.2. The maximum atomic E-state index is 13.2. The van der Waals surface area contributed by atoms with Crippen LogP contribution in [0.2, 0.25) is 0 Å². The van der Waals surface area contributed by atoms with Crippen LogP contribution in [0.15, 0.2) is 30.3 Å². The van der Waals surface area contributed by atoms with E-state index in [0.717, 1.165) is 55.9 Å². The Morgan fingerprint density at radius 1 is 1.00 bits per heavy atom. The highest BCUT2D eigenvalue weighted by Crippen LogP contribution is 2.39. The van der Waals surface area contributed by atoms with Gasteiger partial charge in [-0.2, -0.15) is 0 Å². The molecule has 174 valence electrons. The summed E-state index contributed by atoms with van der Waals surface area (Å²) in [6, 6.07) is 9.36. The lowest BCUT2D eigenvalue weighted by Gasteiger charge is -2.36. The van der Waals surface area contributed by atoms with Crippen LogP contribution in [-0.4, -0.2) is 96.3 Å². The molecular formula is C24H35N5O3. The Hall–Kier alpha value is -2.45. The average molecular weight is 442 g/mol. The first kappa shape index (κ1) is 22.7. The summed E-state index contributed by atoms with van der Waals surface area (Å²) >= 11 is 0. The number of nitrogens with zero attached hydrogens (tertiary/aromatic N) is 4. The van der Waals surface area contributed by atoms with Gasteiger partial charge in [-0.3, -0.25) is 19.4 Å². The molecule has 1 spiro atoms. The Morgan fingerprint density at radius 3 is 2.31 bits per heavy atom. The third-order valence-corrected chi connectivity index (χ3v) is 7.36. The van der Waals surface area contributed by atoms with Gasteiger partial charge in [0.2, 0.25) is 5.91 Å². The van der Waals surface area contributed by atoms with Gasteiger partial charge in [-0.25, -0.2) is 4.79 Å². The van der Waals surface area contributed by atoms with Gasteiger partial charge in [0.05, 0.1) is 6.04 Å². The van der Waals surface area contributed by atoms with Crippen LogP contribution in [0.1, 0.15) is 43.7 Å². The van der Waals surface area contributed by atoms with Crippen LogP contribution in [0.3, 0.4) is 0 Å². The van der Waals surface area contributed by atoms with Crippen molar-refractivity contribution in [2.24, 2.45) is 0 Å². The number of benzene rings is 1. The number of likely N-dealkylation sites (N-methyl/N-ethyl adjacent to an activating group) is 2. The normalized spacial score (nSPS) is 23.1. The minimum Gasteiger partial charge on any atom is -0.346 e. The number of amides is 4. The van der Waals surface area contributed by atoms with E-state index in [0.29, 0.717) is 19.4 Å². The zero-order valence-corrected chi connectivity index (χ0v) is 19.3. The molecule has 1 atom stereocenters. The van der Waals surface area contributed by atoms with Crippen molar-refractivity contribution in [2.45, 2.75) is 43.7 Å². The molecule has 0 bridgehead atoms. The Balaban J connectivity index is 1.44. The highest BCUT2D eigenvalue weighted by molar-refractivity contribution is 6.09. The molecular weight excluding hydrogens is 406 g/mol. The molecule has 2 heterocycles. The van der Waals surface area contributed by atoms with Crippen LogP contribution in [-0.2, 0) is 9.59 Å². The number of urea groups is 1. The molecule has 3 fully saturated rings. The smallest absolute Gasteiger partial charge is 0.327 e. The molecule has 8 nitrogen and oxygen atoms in total. The van der Waals surface area contributed by atoms with E-state index >= 15 is 0 Å². The summed E-state index contributed by atoms with van der Waals surface area (Å²) in [6.45, 7) is 4.38. The summed E-state index contributed by atoms with van der Waals surface area (Å²) in [5.41, 5.74) is 0.272. The largest absolute Gasteiger partial charge is 0.346 e. The number of nitrogens with one attached hydrogen (secondary N) is 1. The Labute approximate surface area is 190 Å². The zero-order chi connectivity index (χ0) is 22.7. The summed E-state index contributed by atoms with van der Waals surface area (Å²) in [5, 5.41) is 3.11. The van der Waals surface area contributed by atoms with Gasteiger partial charge in [0.1, 0.15) is 12.1 Å². The van der Waals surface area contributed by atoms with E-state index in [9.17, 15) is 14.4 Å². The number of hydrogen-bond donors (Lipinski definition) is 1. The third-order valence-electron chi connectivity index (χ3n) is 7.36. The van der Waals surface area contributed by atoms with Crippen molar-refractivity contribution in [1.82, 2.24) is 24.9 Å². The molecule has 8 heteroatoms. The molecule has 3 aliphatic rings. The van der Waals surface area contributed by atoms with Crippen LogP contribution in [0.25, 0.3) is 0 Å². The third kappa shape index (κ3) is 4.52. The molecule has 2 aliphatic heterocycles. The number of carbonyl (C=O) groups excluding carboxylic acids is 3. The summed E-state index contributed by atoms with van der Waals surface area (Å²) < 4.78 is 0. The molecule has 32 heavy (non-hydrogen) atoms. The second-order valence-corrected chi connectivity index (χ2v) is 9.46. The fraction of sp³-hybridized carbons (Fsp3) is 0.625. The van der Waals surface area contributed by atoms with E-state index < -0.39 is 5.54 Å². The lowest BCUT2D eigenvalue weighted by atomic mass is 9.81. The lowest BCUT2D eigenvalue weighted by molar-refractivity contribution is -0.137. The minimum absolute atomic E-state index is 0.193. The SMILES string of the molecule is CN1CCN(CC(NC(=O)CN2C(=O)N(C)C3(CCCCC3)C2=O)c2ccccc2)CC1. The van der Waals surface area contributed by atoms with Gasteiger partial charge in [0, 0.05) is 39.8 Å². The maximum absolute atomic E-state index is 13.2. The topological polar surface area (TPSA) is 76.2 Å². The number of rotatable bonds is 6. The molecule has 1 aliphatic carbocycles. The van der Waals surface area contributed by atoms with Crippen molar-refractivity contribution in [2.75, 3.05) is 53.4 Å². The standard InChI is InChI=1S/C24H35N5O3/c1-26-13-15-28(16-14-26)17-20(19-9-5-3-6-10-19)25-21(30)18-29-22(31)24(27(2)23(29)32)11-7-4-8-12-24/h3,5-6,9-10,20H,4,7-8,11-18H2,1-2H3,(H,25,30). The second-order valence-electron chi connectivity index (χ2n) is 9.46. The molecule has 1 aromatic rings. The number of carbonyl (C=O) groups is 3. The zero-order valence-electron chi connectivity index (χ0n) is 19.3. The molecule has 4 rings (SSSR count). The Bertz CT molecular complexity index is 831. The fourth-order valence-electron chi connectivity index (χ4n) is 5.26. The predicted molar refractivity (Wildman–Crippen MR) is 122 cm³/mol. The van der Waals surface area contributed by atoms with Crippen molar-refractivity contribution < 1.29 is 14.4 Å². The van der Waals surface area contributed by atoms with Gasteiger partial charge in [-0.15, -0.1) is 0 Å². The van der Waals surface area contributed by atoms with Crippen molar-refractivity contribution in [1.29, 1.82) is 0 Å². The van der Waals surface area contributed by atoms with Crippen LogP contribution >= 0.6 is 0 Å². The van der Waals surface area contributed by atoms with Gasteiger partial charge >= 0.3 is 6.03 Å². The monoisotopic (exact) mass is 441 g/mol. The molecule has 1 N–H and O–H groups in total. The number of piperazine rings is 1. The van der Waals surface area contributed by atoms with E-state index in [-0.39, 0.29) is 30.4 Å². The Morgan fingerprint density at radius 2 is 1.66 bits per heavy atom. The second kappa shape index (κ2) is 9.58. The van der Waals surface area contributed by atoms with E-state index in [4.69, 9.17) is 0 Å². The van der Waals surface area contributed by atoms with Crippen LogP contribution < -0.4 is 5.32 Å². The summed E-state index contributed by atoms with van der Waals surface area (Å²) in [6.07, 6.45) is 4.32. The number of hydrogen-bond acceptors (Lipinski definition) is 5. The van der Waals surface area contributed by atoms with Crippen molar-refractivity contribution in [3.05, 3.63) is 35.9 Å². The van der Waals surface area contributed by atoms with Gasteiger partial charge in [-0.05, 0) is 25.5 Å². The minimum atomic E-state index is -0.756. The van der Waals surface area contributed by atoms with E-state index in [1.54, 1.807) is 11.9 Å². The fourth-order valence-corrected chi connectivity index (χ4v) is 5.26. The molecule has 4 amide bonds. The molecule has 2 saturated heterocycles. The van der Waals surface area contributed by atoms with Crippen LogP contribution in [0, 0.1) is 0 Å². The highest BCUT2D eigenvalue weighted by Gasteiger charge is 2.55. The summed E-state index contributed by atoms with van der Waals surface area (Å²) in [5.74, 6) is -0.508. The summed E-state index contributed by atoms with van der Waals surface area (Å²) in [4.78, 5) is 46.5. The first-order valence-corrected chi connectivity index (χ1v) is 11.8. The number of imide groups is 1. The first-order chi connectivity index (χ1) is 15.4. The van der Waals surface area contributed by atoms with Gasteiger partial charge in [-0.1, -0.05) is 49.6 Å². The Kier molecular flexibility index (Phi) is 6.81. The van der Waals surface area contributed by atoms with Gasteiger partial charge < -0.3 is 15.1 Å². The van der Waals surface area contributed by atoms with Crippen molar-refractivity contribution in [3.63, 3.8) is 0 Å². The molecule has 1 saturated carbocycles. The predicted octanol–water partition coefficient (Wildman–Crippen LogP) is 1.69. The lowest BCUT2D eigenvalue weighted by Crippen LogP contribution is -2.50. The average Bonchev–Trinajstić information content (AvgIpc) is 2.97. The first-order valence-electron chi connectivity index (χ1n) is 11.8. The summed E-state index contributed by atoms with van der Waals surface area (Å²) in [7, 11) is 3.82. The van der Waals surface area contributed by atoms with Crippen LogP contribution in [0.5, 0.6) is 0 Å². The van der Waals surface area contributed by atoms with Crippen molar-refractivity contribution in [3.8, 4) is 0 Å². The van der Waals surface area contributed by atoms with Gasteiger partial charge in [0.15, 0.2) is 0 Å². The molecule has 1 unspecified atom stereocenters. The maximum Gasteiger partial charge on any atom is 0.327 e. The van der Waals surface area contributed by atoms with E-state index in [1.165, 1.54) is 0 Å². The van der Waals surface area contributed by atoms with Crippen LogP contribution in [0.4, 0.5) is 4.79 Å². The molecule has 0 radical (unpaired) electrons. The van der Waals surface area contributed by atoms with E-state index in [1.807, 2.05) is 30.3 Å². The molecule has 0 aromatic heterocycles. The molecule has 1 aromatic carbocycles. The van der Waals surface area contributed by atoms with E-state index in [2.05, 4.69) is 22.2 Å². The van der Waals surface area contributed by atoms with Gasteiger partial charge in [0.25, 0.3) is 5.91 Å². The quantitative estimate of drug-likeness (QED) is 0.680.